The van der Waals surface area contributed by atoms with Gasteiger partial charge in [-0.1, -0.05) is 44.2 Å². The van der Waals surface area contributed by atoms with E-state index in [0.717, 1.165) is 0 Å². The standard InChI is InChI=1S/C15H19N3O/c1-15(2,12-7-5-4-6-8-12)11-17-13-14(19)18(3)10-9-16-13/h4-10H,11H2,1-3H3,(H,16,17). The van der Waals surface area contributed by atoms with E-state index in [9.17, 15) is 4.79 Å². The Morgan fingerprint density at radius 3 is 2.63 bits per heavy atom. The summed E-state index contributed by atoms with van der Waals surface area (Å²) in [5.74, 6) is 0.397. The molecule has 2 rings (SSSR count). The van der Waals surface area contributed by atoms with Crippen LogP contribution in [-0.2, 0) is 12.5 Å². The molecule has 1 aromatic carbocycles. The van der Waals surface area contributed by atoms with Gasteiger partial charge < -0.3 is 9.88 Å². The summed E-state index contributed by atoms with van der Waals surface area (Å²) in [6.45, 7) is 4.94. The van der Waals surface area contributed by atoms with Crippen LogP contribution >= 0.6 is 0 Å². The molecular weight excluding hydrogens is 238 g/mol. The van der Waals surface area contributed by atoms with Crippen LogP contribution in [0.25, 0.3) is 0 Å². The topological polar surface area (TPSA) is 46.9 Å². The van der Waals surface area contributed by atoms with Crippen molar-refractivity contribution in [3.05, 3.63) is 58.6 Å². The molecule has 0 spiro atoms. The average Bonchev–Trinajstić information content (AvgIpc) is 2.41. The summed E-state index contributed by atoms with van der Waals surface area (Å²) in [6.07, 6.45) is 3.27. The van der Waals surface area contributed by atoms with Crippen molar-refractivity contribution >= 4 is 5.82 Å². The van der Waals surface area contributed by atoms with Crippen molar-refractivity contribution in [2.24, 2.45) is 7.05 Å². The molecule has 1 N–H and O–H groups in total. The Kier molecular flexibility index (Phi) is 3.69. The molecule has 0 aliphatic heterocycles. The highest BCUT2D eigenvalue weighted by Crippen LogP contribution is 2.22. The fourth-order valence-electron chi connectivity index (χ4n) is 1.92. The third kappa shape index (κ3) is 3.02. The van der Waals surface area contributed by atoms with E-state index in [-0.39, 0.29) is 11.0 Å². The van der Waals surface area contributed by atoms with Gasteiger partial charge in [0.2, 0.25) is 0 Å². The van der Waals surface area contributed by atoms with Crippen LogP contribution in [0.2, 0.25) is 0 Å². The number of hydrogen-bond acceptors (Lipinski definition) is 3. The minimum Gasteiger partial charge on any atom is -0.365 e. The Morgan fingerprint density at radius 1 is 1.26 bits per heavy atom. The molecule has 0 fully saturated rings. The maximum Gasteiger partial charge on any atom is 0.293 e. The molecule has 0 atom stereocenters. The number of hydrogen-bond donors (Lipinski definition) is 1. The summed E-state index contributed by atoms with van der Waals surface area (Å²) in [5, 5.41) is 3.15. The lowest BCUT2D eigenvalue weighted by molar-refractivity contribution is 0.555. The Morgan fingerprint density at radius 2 is 1.95 bits per heavy atom. The normalized spacial score (nSPS) is 11.3. The van der Waals surface area contributed by atoms with E-state index in [0.29, 0.717) is 12.4 Å². The number of rotatable bonds is 4. The molecule has 1 aromatic heterocycles. The summed E-state index contributed by atoms with van der Waals surface area (Å²) in [5.41, 5.74) is 1.06. The predicted molar refractivity (Wildman–Crippen MR) is 77.4 cm³/mol. The van der Waals surface area contributed by atoms with Crippen LogP contribution in [0.5, 0.6) is 0 Å². The van der Waals surface area contributed by atoms with Crippen molar-refractivity contribution in [1.29, 1.82) is 0 Å². The summed E-state index contributed by atoms with van der Waals surface area (Å²) >= 11 is 0. The van der Waals surface area contributed by atoms with Gasteiger partial charge in [0.05, 0.1) is 0 Å². The molecule has 19 heavy (non-hydrogen) atoms. The molecule has 1 heterocycles. The zero-order chi connectivity index (χ0) is 13.9. The zero-order valence-corrected chi connectivity index (χ0v) is 11.6. The monoisotopic (exact) mass is 257 g/mol. The van der Waals surface area contributed by atoms with Crippen LogP contribution in [0.1, 0.15) is 19.4 Å². The summed E-state index contributed by atoms with van der Waals surface area (Å²) in [4.78, 5) is 16.0. The Balaban J connectivity index is 2.14. The zero-order valence-electron chi connectivity index (χ0n) is 11.6. The van der Waals surface area contributed by atoms with E-state index in [1.165, 1.54) is 10.1 Å². The number of aryl methyl sites for hydroxylation is 1. The molecule has 0 amide bonds. The van der Waals surface area contributed by atoms with Gasteiger partial charge in [0, 0.05) is 31.4 Å². The maximum atomic E-state index is 11.9. The second-order valence-corrected chi connectivity index (χ2v) is 5.30. The Hall–Kier alpha value is -2.10. The van der Waals surface area contributed by atoms with Crippen LogP contribution in [0.3, 0.4) is 0 Å². The van der Waals surface area contributed by atoms with Gasteiger partial charge in [0.25, 0.3) is 5.56 Å². The van der Waals surface area contributed by atoms with Crippen LogP contribution in [0.15, 0.2) is 47.5 Å². The largest absolute Gasteiger partial charge is 0.365 e. The molecule has 0 radical (unpaired) electrons. The number of nitrogens with zero attached hydrogens (tertiary/aromatic N) is 2. The third-order valence-corrected chi connectivity index (χ3v) is 3.27. The lowest BCUT2D eigenvalue weighted by atomic mass is 9.85. The van der Waals surface area contributed by atoms with Gasteiger partial charge in [0.1, 0.15) is 0 Å². The van der Waals surface area contributed by atoms with Gasteiger partial charge in [0.15, 0.2) is 5.82 Å². The van der Waals surface area contributed by atoms with Crippen LogP contribution in [0, 0.1) is 0 Å². The van der Waals surface area contributed by atoms with E-state index in [1.54, 1.807) is 19.4 Å². The van der Waals surface area contributed by atoms with Crippen LogP contribution < -0.4 is 10.9 Å². The summed E-state index contributed by atoms with van der Waals surface area (Å²) < 4.78 is 1.52. The predicted octanol–water partition coefficient (Wildman–Crippen LogP) is 2.17. The van der Waals surface area contributed by atoms with Gasteiger partial charge in [-0.15, -0.1) is 0 Å². The molecule has 0 saturated heterocycles. The van der Waals surface area contributed by atoms with Gasteiger partial charge >= 0.3 is 0 Å². The fraction of sp³-hybridized carbons (Fsp3) is 0.333. The first-order chi connectivity index (χ1) is 9.00. The van der Waals surface area contributed by atoms with Gasteiger partial charge in [-0.05, 0) is 5.56 Å². The molecule has 4 nitrogen and oxygen atoms in total. The molecule has 0 aliphatic rings. The lowest BCUT2D eigenvalue weighted by Gasteiger charge is -2.25. The molecule has 100 valence electrons. The molecule has 0 unspecified atom stereocenters. The number of benzene rings is 1. The van der Waals surface area contributed by atoms with Crippen LogP contribution in [-0.4, -0.2) is 16.1 Å². The first-order valence-electron chi connectivity index (χ1n) is 6.32. The SMILES string of the molecule is Cn1ccnc(NCC(C)(C)c2ccccc2)c1=O. The smallest absolute Gasteiger partial charge is 0.293 e. The first kappa shape index (κ1) is 13.3. The average molecular weight is 257 g/mol. The van der Waals surface area contributed by atoms with Crippen LogP contribution in [0.4, 0.5) is 5.82 Å². The molecule has 0 bridgehead atoms. The molecule has 0 aliphatic carbocycles. The summed E-state index contributed by atoms with van der Waals surface area (Å²) in [7, 11) is 1.72. The van der Waals surface area contributed by atoms with Crippen molar-refractivity contribution in [3.63, 3.8) is 0 Å². The van der Waals surface area contributed by atoms with Crippen molar-refractivity contribution in [2.75, 3.05) is 11.9 Å². The van der Waals surface area contributed by atoms with E-state index in [1.807, 2.05) is 18.2 Å². The molecule has 2 aromatic rings. The number of aromatic nitrogens is 2. The van der Waals surface area contributed by atoms with Crippen molar-refractivity contribution in [3.8, 4) is 0 Å². The summed E-state index contributed by atoms with van der Waals surface area (Å²) in [6, 6.07) is 10.2. The van der Waals surface area contributed by atoms with E-state index >= 15 is 0 Å². The lowest BCUT2D eigenvalue weighted by Crippen LogP contribution is -2.31. The first-order valence-corrected chi connectivity index (χ1v) is 6.32. The van der Waals surface area contributed by atoms with E-state index in [4.69, 9.17) is 0 Å². The maximum absolute atomic E-state index is 11.9. The van der Waals surface area contributed by atoms with Gasteiger partial charge in [-0.3, -0.25) is 4.79 Å². The van der Waals surface area contributed by atoms with E-state index in [2.05, 4.69) is 36.3 Å². The van der Waals surface area contributed by atoms with E-state index < -0.39 is 0 Å². The van der Waals surface area contributed by atoms with Gasteiger partial charge in [-0.25, -0.2) is 4.98 Å². The molecular formula is C15H19N3O. The Labute approximate surface area is 113 Å². The minimum atomic E-state index is -0.105. The number of nitrogens with one attached hydrogen (secondary N) is 1. The number of anilines is 1. The fourth-order valence-corrected chi connectivity index (χ4v) is 1.92. The molecule has 0 saturated carbocycles. The second-order valence-electron chi connectivity index (χ2n) is 5.30. The highest BCUT2D eigenvalue weighted by atomic mass is 16.1. The van der Waals surface area contributed by atoms with Gasteiger partial charge in [-0.2, -0.15) is 0 Å². The van der Waals surface area contributed by atoms with Crippen molar-refractivity contribution in [1.82, 2.24) is 9.55 Å². The second kappa shape index (κ2) is 5.26. The highest BCUT2D eigenvalue weighted by Gasteiger charge is 2.20. The quantitative estimate of drug-likeness (QED) is 0.913. The molecule has 4 heteroatoms. The van der Waals surface area contributed by atoms with Crippen molar-refractivity contribution in [2.45, 2.75) is 19.3 Å². The minimum absolute atomic E-state index is 0.0657. The van der Waals surface area contributed by atoms with Crippen molar-refractivity contribution < 1.29 is 0 Å². The highest BCUT2D eigenvalue weighted by molar-refractivity contribution is 5.34. The third-order valence-electron chi connectivity index (χ3n) is 3.27. The Bertz CT molecular complexity index is 602.